The molecule has 1 aromatic rings. The van der Waals surface area contributed by atoms with E-state index in [9.17, 15) is 5.11 Å². The van der Waals surface area contributed by atoms with Crippen LogP contribution in [-0.2, 0) is 10.3 Å². The molecule has 1 aromatic carbocycles. The Hall–Kier alpha value is -1.64. The third kappa shape index (κ3) is 2.30. The summed E-state index contributed by atoms with van der Waals surface area (Å²) in [6, 6.07) is 9.57. The molecule has 0 radical (unpaired) electrons. The lowest BCUT2D eigenvalue weighted by Gasteiger charge is -2.34. The Morgan fingerprint density at radius 3 is 2.72 bits per heavy atom. The van der Waals surface area contributed by atoms with Crippen LogP contribution in [0.25, 0.3) is 0 Å². The fourth-order valence-corrected chi connectivity index (χ4v) is 2.22. The highest BCUT2D eigenvalue weighted by molar-refractivity contribution is 5.39. The number of hydrogen-bond acceptors (Lipinski definition) is 2. The Labute approximate surface area is 108 Å². The zero-order valence-electron chi connectivity index (χ0n) is 10.5. The Kier molecular flexibility index (Phi) is 3.80. The van der Waals surface area contributed by atoms with E-state index in [0.29, 0.717) is 0 Å². The highest BCUT2D eigenvalue weighted by atomic mass is 16.5. The molecule has 94 valence electrons. The molecule has 1 N–H and O–H groups in total. The van der Waals surface area contributed by atoms with Gasteiger partial charge in [0.05, 0.1) is 0 Å². The zero-order valence-corrected chi connectivity index (χ0v) is 10.5. The van der Waals surface area contributed by atoms with E-state index in [1.54, 1.807) is 13.2 Å². The smallest absolute Gasteiger partial charge is 0.138 e. The van der Waals surface area contributed by atoms with Crippen molar-refractivity contribution in [3.05, 3.63) is 72.4 Å². The fraction of sp³-hybridized carbons (Fsp3) is 0.250. The first-order valence-corrected chi connectivity index (χ1v) is 6.02. The second-order valence-electron chi connectivity index (χ2n) is 4.42. The Bertz CT molecular complexity index is 473. The van der Waals surface area contributed by atoms with E-state index >= 15 is 0 Å². The minimum atomic E-state index is -1.10. The van der Waals surface area contributed by atoms with Crippen molar-refractivity contribution in [1.82, 2.24) is 0 Å². The number of allylic oxidation sites excluding steroid dienone is 3. The molecule has 0 aromatic heterocycles. The van der Waals surface area contributed by atoms with Crippen molar-refractivity contribution in [2.24, 2.45) is 0 Å². The molecule has 0 heterocycles. The summed E-state index contributed by atoms with van der Waals surface area (Å²) < 4.78 is 5.43. The summed E-state index contributed by atoms with van der Waals surface area (Å²) in [6.45, 7) is 3.72. The first kappa shape index (κ1) is 12.8. The summed E-state index contributed by atoms with van der Waals surface area (Å²) in [5, 5.41) is 10.8. The van der Waals surface area contributed by atoms with Crippen LogP contribution in [-0.4, -0.2) is 18.3 Å². The van der Waals surface area contributed by atoms with Crippen molar-refractivity contribution in [2.75, 3.05) is 7.11 Å². The predicted molar refractivity (Wildman–Crippen MR) is 73.2 cm³/mol. The molecule has 2 atom stereocenters. The summed E-state index contributed by atoms with van der Waals surface area (Å²) >= 11 is 0. The van der Waals surface area contributed by atoms with E-state index in [0.717, 1.165) is 17.6 Å². The Morgan fingerprint density at radius 1 is 1.39 bits per heavy atom. The lowest BCUT2D eigenvalue weighted by molar-refractivity contribution is -0.0427. The van der Waals surface area contributed by atoms with Crippen LogP contribution in [0.15, 0.2) is 66.8 Å². The molecule has 18 heavy (non-hydrogen) atoms. The van der Waals surface area contributed by atoms with Gasteiger partial charge in [-0.2, -0.15) is 0 Å². The van der Waals surface area contributed by atoms with Gasteiger partial charge in [-0.3, -0.25) is 0 Å². The molecule has 2 rings (SSSR count). The zero-order chi connectivity index (χ0) is 13.0. The molecular formula is C16H18O2. The van der Waals surface area contributed by atoms with E-state index in [4.69, 9.17) is 4.74 Å². The van der Waals surface area contributed by atoms with Crippen molar-refractivity contribution >= 4 is 0 Å². The van der Waals surface area contributed by atoms with Crippen LogP contribution >= 0.6 is 0 Å². The predicted octanol–water partition coefficient (Wildman–Crippen LogP) is 2.96. The van der Waals surface area contributed by atoms with Gasteiger partial charge < -0.3 is 9.84 Å². The van der Waals surface area contributed by atoms with Crippen LogP contribution in [0.1, 0.15) is 12.0 Å². The van der Waals surface area contributed by atoms with Gasteiger partial charge in [0.15, 0.2) is 0 Å². The molecule has 0 fully saturated rings. The largest absolute Gasteiger partial charge is 0.378 e. The molecule has 0 bridgehead atoms. The summed E-state index contributed by atoms with van der Waals surface area (Å²) in [6.07, 6.45) is 7.94. The molecule has 1 aliphatic carbocycles. The number of benzene rings is 1. The van der Waals surface area contributed by atoms with Crippen molar-refractivity contribution in [3.63, 3.8) is 0 Å². The van der Waals surface area contributed by atoms with E-state index in [1.165, 1.54) is 0 Å². The maximum Gasteiger partial charge on any atom is 0.138 e. The quantitative estimate of drug-likeness (QED) is 0.822. The molecule has 0 aliphatic heterocycles. The number of methoxy groups -OCH3 is 1. The van der Waals surface area contributed by atoms with Gasteiger partial charge in [-0.25, -0.2) is 0 Å². The normalized spacial score (nSPS) is 26.8. The van der Waals surface area contributed by atoms with Crippen LogP contribution in [0.5, 0.6) is 0 Å². The third-order valence-corrected chi connectivity index (χ3v) is 3.22. The van der Waals surface area contributed by atoms with Gasteiger partial charge in [0, 0.05) is 7.11 Å². The topological polar surface area (TPSA) is 29.5 Å². The molecule has 2 nitrogen and oxygen atoms in total. The monoisotopic (exact) mass is 242 g/mol. The van der Waals surface area contributed by atoms with Gasteiger partial charge in [-0.15, -0.1) is 6.58 Å². The SMILES string of the molecule is C=CCC1=CC(OC)C(O)(c2ccccc2)C=C1. The average Bonchev–Trinajstić information content (AvgIpc) is 2.42. The van der Waals surface area contributed by atoms with Crippen LogP contribution in [0.3, 0.4) is 0 Å². The molecule has 2 unspecified atom stereocenters. The van der Waals surface area contributed by atoms with E-state index in [2.05, 4.69) is 6.58 Å². The highest BCUT2D eigenvalue weighted by Gasteiger charge is 2.37. The van der Waals surface area contributed by atoms with Crippen LogP contribution < -0.4 is 0 Å². The van der Waals surface area contributed by atoms with Crippen molar-refractivity contribution in [2.45, 2.75) is 18.1 Å². The van der Waals surface area contributed by atoms with Gasteiger partial charge >= 0.3 is 0 Å². The highest BCUT2D eigenvalue weighted by Crippen LogP contribution is 2.34. The summed E-state index contributed by atoms with van der Waals surface area (Å²) in [7, 11) is 1.61. The Balaban J connectivity index is 2.35. The summed E-state index contributed by atoms with van der Waals surface area (Å²) in [5.41, 5.74) is 0.847. The average molecular weight is 242 g/mol. The molecule has 0 saturated carbocycles. The fourth-order valence-electron chi connectivity index (χ4n) is 2.22. The second kappa shape index (κ2) is 5.34. The number of ether oxygens (including phenoxy) is 1. The van der Waals surface area contributed by atoms with E-state index in [-0.39, 0.29) is 6.10 Å². The lowest BCUT2D eigenvalue weighted by atomic mass is 9.82. The van der Waals surface area contributed by atoms with Crippen LogP contribution in [0.4, 0.5) is 0 Å². The summed E-state index contributed by atoms with van der Waals surface area (Å²) in [4.78, 5) is 0. The lowest BCUT2D eigenvalue weighted by Crippen LogP contribution is -2.39. The first-order valence-electron chi connectivity index (χ1n) is 6.02. The first-order chi connectivity index (χ1) is 8.70. The third-order valence-electron chi connectivity index (χ3n) is 3.22. The molecule has 0 spiro atoms. The van der Waals surface area contributed by atoms with Crippen molar-refractivity contribution in [3.8, 4) is 0 Å². The number of hydrogen-bond donors (Lipinski definition) is 1. The summed E-state index contributed by atoms with van der Waals surface area (Å²) in [5.74, 6) is 0. The van der Waals surface area contributed by atoms with E-state index < -0.39 is 5.60 Å². The van der Waals surface area contributed by atoms with Gasteiger partial charge in [-0.1, -0.05) is 42.5 Å². The van der Waals surface area contributed by atoms with Crippen LogP contribution in [0, 0.1) is 0 Å². The van der Waals surface area contributed by atoms with Gasteiger partial charge in [0.1, 0.15) is 11.7 Å². The van der Waals surface area contributed by atoms with E-state index in [1.807, 2.05) is 48.6 Å². The maximum atomic E-state index is 10.8. The van der Waals surface area contributed by atoms with Gasteiger partial charge in [0.25, 0.3) is 0 Å². The Morgan fingerprint density at radius 2 is 2.11 bits per heavy atom. The van der Waals surface area contributed by atoms with Crippen molar-refractivity contribution in [1.29, 1.82) is 0 Å². The molecular weight excluding hydrogens is 224 g/mol. The van der Waals surface area contributed by atoms with Gasteiger partial charge in [0.2, 0.25) is 0 Å². The minimum absolute atomic E-state index is 0.375. The van der Waals surface area contributed by atoms with Crippen LogP contribution in [0.2, 0.25) is 0 Å². The molecule has 0 saturated heterocycles. The van der Waals surface area contributed by atoms with Gasteiger partial charge in [-0.05, 0) is 29.7 Å². The minimum Gasteiger partial charge on any atom is -0.378 e. The number of aliphatic hydroxyl groups is 1. The molecule has 2 heteroatoms. The standard InChI is InChI=1S/C16H18O2/c1-3-7-13-10-11-16(17,15(12-13)18-2)14-8-5-4-6-9-14/h3-6,8-12,15,17H,1,7H2,2H3. The maximum absolute atomic E-state index is 10.8. The second-order valence-corrected chi connectivity index (χ2v) is 4.42. The molecule has 1 aliphatic rings. The molecule has 0 amide bonds. The number of rotatable bonds is 4. The van der Waals surface area contributed by atoms with Crippen molar-refractivity contribution < 1.29 is 9.84 Å².